The third kappa shape index (κ3) is 2.93. The molecular formula is C16H21N3O2. The van der Waals surface area contributed by atoms with Gasteiger partial charge in [0, 0.05) is 24.3 Å². The van der Waals surface area contributed by atoms with Gasteiger partial charge in [-0.3, -0.25) is 9.59 Å². The van der Waals surface area contributed by atoms with Crippen LogP contribution in [0.4, 0.5) is 5.69 Å². The van der Waals surface area contributed by atoms with Gasteiger partial charge in [0.15, 0.2) is 0 Å². The number of piperidine rings is 1. The Bertz CT molecular complexity index is 569. The third-order valence-electron chi connectivity index (χ3n) is 4.36. The molecule has 3 rings (SSSR count). The molecule has 0 spiro atoms. The summed E-state index contributed by atoms with van der Waals surface area (Å²) >= 11 is 0. The lowest BCUT2D eigenvalue weighted by Gasteiger charge is -2.32. The summed E-state index contributed by atoms with van der Waals surface area (Å²) in [6, 6.07) is 5.48. The van der Waals surface area contributed by atoms with Gasteiger partial charge in [0.2, 0.25) is 5.91 Å². The summed E-state index contributed by atoms with van der Waals surface area (Å²) in [7, 11) is 0. The van der Waals surface area contributed by atoms with Crippen molar-refractivity contribution in [3.63, 3.8) is 0 Å². The molecule has 5 heteroatoms. The Labute approximate surface area is 124 Å². The molecule has 0 aromatic heterocycles. The van der Waals surface area contributed by atoms with E-state index in [-0.39, 0.29) is 11.8 Å². The fraction of sp³-hybridized carbons (Fsp3) is 0.500. The Morgan fingerprint density at radius 3 is 3.10 bits per heavy atom. The number of likely N-dealkylation sites (tertiary alicyclic amines) is 1. The van der Waals surface area contributed by atoms with E-state index in [0.29, 0.717) is 24.4 Å². The molecule has 0 radical (unpaired) electrons. The van der Waals surface area contributed by atoms with E-state index in [9.17, 15) is 9.59 Å². The number of nitrogens with zero attached hydrogens (tertiary/aromatic N) is 1. The van der Waals surface area contributed by atoms with Crippen LogP contribution >= 0.6 is 0 Å². The van der Waals surface area contributed by atoms with E-state index >= 15 is 0 Å². The quantitative estimate of drug-likeness (QED) is 0.882. The van der Waals surface area contributed by atoms with E-state index in [1.54, 1.807) is 6.07 Å². The van der Waals surface area contributed by atoms with Crippen molar-refractivity contribution in [2.24, 2.45) is 11.7 Å². The normalized spacial score (nSPS) is 21.1. The molecule has 2 aliphatic rings. The van der Waals surface area contributed by atoms with Gasteiger partial charge < -0.3 is 16.0 Å². The van der Waals surface area contributed by atoms with E-state index in [1.807, 2.05) is 17.0 Å². The van der Waals surface area contributed by atoms with Crippen LogP contribution in [0, 0.1) is 5.92 Å². The minimum absolute atomic E-state index is 0.00409. The first-order valence-electron chi connectivity index (χ1n) is 7.59. The molecule has 1 saturated heterocycles. The largest absolute Gasteiger partial charge is 0.338 e. The molecule has 1 aromatic carbocycles. The number of hydrogen-bond acceptors (Lipinski definition) is 3. The van der Waals surface area contributed by atoms with E-state index in [2.05, 4.69) is 5.32 Å². The van der Waals surface area contributed by atoms with Crippen LogP contribution in [0.5, 0.6) is 0 Å². The molecule has 0 bridgehead atoms. The fourth-order valence-corrected chi connectivity index (χ4v) is 3.27. The number of rotatable bonds is 3. The SMILES string of the molecule is NCCC1CCCN(C(=O)c2ccc3c(c2)CC(=O)N3)C1. The zero-order chi connectivity index (χ0) is 14.8. The highest BCUT2D eigenvalue weighted by Gasteiger charge is 2.25. The number of hydrogen-bond donors (Lipinski definition) is 2. The summed E-state index contributed by atoms with van der Waals surface area (Å²) in [4.78, 5) is 25.9. The molecule has 1 atom stereocenters. The molecule has 112 valence electrons. The number of benzene rings is 1. The Hall–Kier alpha value is -1.88. The van der Waals surface area contributed by atoms with E-state index in [4.69, 9.17) is 5.73 Å². The second-order valence-electron chi connectivity index (χ2n) is 5.93. The van der Waals surface area contributed by atoms with Gasteiger partial charge in [-0.2, -0.15) is 0 Å². The van der Waals surface area contributed by atoms with Crippen molar-refractivity contribution < 1.29 is 9.59 Å². The number of nitrogens with one attached hydrogen (secondary N) is 1. The van der Waals surface area contributed by atoms with Crippen molar-refractivity contribution in [3.8, 4) is 0 Å². The van der Waals surface area contributed by atoms with Crippen LogP contribution in [0.1, 0.15) is 35.2 Å². The average molecular weight is 287 g/mol. The summed E-state index contributed by atoms with van der Waals surface area (Å²) in [6.07, 6.45) is 3.55. The fourth-order valence-electron chi connectivity index (χ4n) is 3.27. The standard InChI is InChI=1S/C16H21N3O2/c17-6-5-11-2-1-7-19(10-11)16(21)12-3-4-14-13(8-12)9-15(20)18-14/h3-4,8,11H,1-2,5-7,9-10,17H2,(H,18,20). The molecular weight excluding hydrogens is 266 g/mol. The molecule has 1 fully saturated rings. The van der Waals surface area contributed by atoms with Crippen LogP contribution in [-0.4, -0.2) is 36.3 Å². The number of carbonyl (C=O) groups is 2. The monoisotopic (exact) mass is 287 g/mol. The first-order valence-corrected chi connectivity index (χ1v) is 7.59. The van der Waals surface area contributed by atoms with Crippen molar-refractivity contribution in [1.82, 2.24) is 4.90 Å². The van der Waals surface area contributed by atoms with Gasteiger partial charge >= 0.3 is 0 Å². The maximum Gasteiger partial charge on any atom is 0.253 e. The minimum atomic E-state index is -0.00409. The van der Waals surface area contributed by atoms with Crippen LogP contribution in [0.2, 0.25) is 0 Å². The lowest BCUT2D eigenvalue weighted by atomic mass is 9.94. The van der Waals surface area contributed by atoms with E-state index < -0.39 is 0 Å². The summed E-state index contributed by atoms with van der Waals surface area (Å²) in [5.41, 5.74) is 8.05. The van der Waals surface area contributed by atoms with E-state index in [1.165, 1.54) is 0 Å². The summed E-state index contributed by atoms with van der Waals surface area (Å²) in [6.45, 7) is 2.29. The summed E-state index contributed by atoms with van der Waals surface area (Å²) in [5.74, 6) is 0.583. The molecule has 2 amide bonds. The van der Waals surface area contributed by atoms with Gasteiger partial charge in [-0.1, -0.05) is 0 Å². The highest BCUT2D eigenvalue weighted by molar-refractivity contribution is 6.01. The molecule has 0 aliphatic carbocycles. The second kappa shape index (κ2) is 5.85. The van der Waals surface area contributed by atoms with Gasteiger partial charge in [0.25, 0.3) is 5.91 Å². The number of nitrogens with two attached hydrogens (primary N) is 1. The zero-order valence-corrected chi connectivity index (χ0v) is 12.1. The van der Waals surface area contributed by atoms with E-state index in [0.717, 1.165) is 43.6 Å². The van der Waals surface area contributed by atoms with Crippen LogP contribution < -0.4 is 11.1 Å². The zero-order valence-electron chi connectivity index (χ0n) is 12.1. The molecule has 1 unspecified atom stereocenters. The maximum absolute atomic E-state index is 12.6. The van der Waals surface area contributed by atoms with Gasteiger partial charge in [0.1, 0.15) is 0 Å². The number of anilines is 1. The van der Waals surface area contributed by atoms with Crippen molar-refractivity contribution in [2.45, 2.75) is 25.7 Å². The van der Waals surface area contributed by atoms with Crippen molar-refractivity contribution in [3.05, 3.63) is 29.3 Å². The van der Waals surface area contributed by atoms with Crippen LogP contribution in [0.3, 0.4) is 0 Å². The number of carbonyl (C=O) groups excluding carboxylic acids is 2. The van der Waals surface area contributed by atoms with Crippen LogP contribution in [0.25, 0.3) is 0 Å². The topological polar surface area (TPSA) is 75.4 Å². The van der Waals surface area contributed by atoms with Crippen molar-refractivity contribution in [1.29, 1.82) is 0 Å². The molecule has 3 N–H and O–H groups in total. The summed E-state index contributed by atoms with van der Waals surface area (Å²) in [5, 5.41) is 2.79. The summed E-state index contributed by atoms with van der Waals surface area (Å²) < 4.78 is 0. The Balaban J connectivity index is 1.73. The van der Waals surface area contributed by atoms with Crippen LogP contribution in [-0.2, 0) is 11.2 Å². The number of fused-ring (bicyclic) bond motifs is 1. The lowest BCUT2D eigenvalue weighted by molar-refractivity contribution is -0.115. The Kier molecular flexibility index (Phi) is 3.92. The second-order valence-corrected chi connectivity index (χ2v) is 5.93. The first-order chi connectivity index (χ1) is 10.2. The minimum Gasteiger partial charge on any atom is -0.338 e. The Morgan fingerprint density at radius 2 is 2.29 bits per heavy atom. The molecule has 1 aromatic rings. The molecule has 21 heavy (non-hydrogen) atoms. The van der Waals surface area contributed by atoms with Crippen molar-refractivity contribution in [2.75, 3.05) is 25.0 Å². The van der Waals surface area contributed by atoms with Crippen molar-refractivity contribution >= 4 is 17.5 Å². The molecule has 2 heterocycles. The Morgan fingerprint density at radius 1 is 1.43 bits per heavy atom. The molecule has 5 nitrogen and oxygen atoms in total. The predicted octanol–water partition coefficient (Wildman–Crippen LogP) is 1.38. The molecule has 0 saturated carbocycles. The van der Waals surface area contributed by atoms with Gasteiger partial charge in [-0.05, 0) is 55.5 Å². The maximum atomic E-state index is 12.6. The van der Waals surface area contributed by atoms with Gasteiger partial charge in [-0.15, -0.1) is 0 Å². The van der Waals surface area contributed by atoms with Crippen LogP contribution in [0.15, 0.2) is 18.2 Å². The predicted molar refractivity (Wildman–Crippen MR) is 81.1 cm³/mol. The van der Waals surface area contributed by atoms with Gasteiger partial charge in [0.05, 0.1) is 6.42 Å². The average Bonchev–Trinajstić information content (AvgIpc) is 2.86. The first kappa shape index (κ1) is 14.1. The van der Waals surface area contributed by atoms with Gasteiger partial charge in [-0.25, -0.2) is 0 Å². The lowest BCUT2D eigenvalue weighted by Crippen LogP contribution is -2.40. The smallest absolute Gasteiger partial charge is 0.253 e. The number of amides is 2. The highest BCUT2D eigenvalue weighted by atomic mass is 16.2. The molecule has 2 aliphatic heterocycles. The third-order valence-corrected chi connectivity index (χ3v) is 4.36. The highest BCUT2D eigenvalue weighted by Crippen LogP contribution is 2.26.